The maximum absolute atomic E-state index is 11.6. The Balaban J connectivity index is 2.02. The molecule has 1 amide bonds. The van der Waals surface area contributed by atoms with Crippen molar-refractivity contribution in [1.82, 2.24) is 5.32 Å². The average Bonchev–Trinajstić information content (AvgIpc) is 2.75. The molecule has 1 aromatic heterocycles. The van der Waals surface area contributed by atoms with Crippen LogP contribution in [-0.2, 0) is 0 Å². The summed E-state index contributed by atoms with van der Waals surface area (Å²) in [7, 11) is 0. The summed E-state index contributed by atoms with van der Waals surface area (Å²) >= 11 is 6.31. The van der Waals surface area contributed by atoms with Gasteiger partial charge < -0.3 is 5.32 Å². The topological polar surface area (TPSA) is 41.5 Å². The number of nitrogens with one attached hydrogen (secondary N) is 1. The Bertz CT molecular complexity index is 388. The van der Waals surface area contributed by atoms with E-state index in [0.717, 1.165) is 21.9 Å². The number of hydrogen-bond acceptors (Lipinski definition) is 4. The van der Waals surface area contributed by atoms with Crippen LogP contribution in [0.15, 0.2) is 20.9 Å². The fraction of sp³-hybridized carbons (Fsp3) is 0.250. The maximum atomic E-state index is 11.6. The van der Waals surface area contributed by atoms with Crippen molar-refractivity contribution >= 4 is 50.1 Å². The number of carbonyl (C=O) groups is 1. The SMILES string of the molecule is O=C(NC1=NCCS1)c1cc(Br)cs1. The molecular weight excluding hydrogens is 284 g/mol. The van der Waals surface area contributed by atoms with Gasteiger partial charge in [-0.2, -0.15) is 0 Å². The van der Waals surface area contributed by atoms with Crippen LogP contribution in [0.25, 0.3) is 0 Å². The fourth-order valence-corrected chi connectivity index (χ4v) is 3.05. The van der Waals surface area contributed by atoms with Crippen molar-refractivity contribution in [1.29, 1.82) is 0 Å². The van der Waals surface area contributed by atoms with Gasteiger partial charge in [-0.1, -0.05) is 11.8 Å². The van der Waals surface area contributed by atoms with Gasteiger partial charge in [0.2, 0.25) is 0 Å². The first-order chi connectivity index (χ1) is 6.75. The van der Waals surface area contributed by atoms with E-state index in [2.05, 4.69) is 26.2 Å². The highest BCUT2D eigenvalue weighted by atomic mass is 79.9. The molecule has 1 N–H and O–H groups in total. The first-order valence-corrected chi connectivity index (χ1v) is 6.64. The van der Waals surface area contributed by atoms with Gasteiger partial charge in [0.1, 0.15) is 0 Å². The summed E-state index contributed by atoms with van der Waals surface area (Å²) < 4.78 is 0.939. The van der Waals surface area contributed by atoms with E-state index in [1.165, 1.54) is 11.3 Å². The Morgan fingerprint density at radius 2 is 2.50 bits per heavy atom. The first kappa shape index (κ1) is 10.2. The van der Waals surface area contributed by atoms with Gasteiger partial charge in [-0.15, -0.1) is 11.3 Å². The van der Waals surface area contributed by atoms with Crippen LogP contribution < -0.4 is 5.32 Å². The van der Waals surface area contributed by atoms with Crippen LogP contribution in [0.3, 0.4) is 0 Å². The number of carbonyl (C=O) groups excluding carboxylic acids is 1. The third kappa shape index (κ3) is 2.37. The molecule has 0 aliphatic carbocycles. The lowest BCUT2D eigenvalue weighted by atomic mass is 10.4. The zero-order chi connectivity index (χ0) is 9.97. The molecule has 0 bridgehead atoms. The van der Waals surface area contributed by atoms with Gasteiger partial charge in [-0.05, 0) is 22.0 Å². The van der Waals surface area contributed by atoms with Gasteiger partial charge in [-0.25, -0.2) is 0 Å². The van der Waals surface area contributed by atoms with Crippen LogP contribution in [0.5, 0.6) is 0 Å². The number of rotatable bonds is 1. The summed E-state index contributed by atoms with van der Waals surface area (Å²) in [6, 6.07) is 1.81. The number of amidine groups is 1. The summed E-state index contributed by atoms with van der Waals surface area (Å²) in [6.07, 6.45) is 0. The minimum atomic E-state index is -0.0751. The highest BCUT2D eigenvalue weighted by Gasteiger charge is 2.13. The van der Waals surface area contributed by atoms with Crippen LogP contribution in [0.1, 0.15) is 9.67 Å². The second-order valence-corrected chi connectivity index (χ2v) is 5.53. The first-order valence-electron chi connectivity index (χ1n) is 3.98. The molecule has 74 valence electrons. The Morgan fingerprint density at radius 1 is 1.64 bits per heavy atom. The normalized spacial score (nSPS) is 15.4. The monoisotopic (exact) mass is 290 g/mol. The Morgan fingerprint density at radius 3 is 3.07 bits per heavy atom. The van der Waals surface area contributed by atoms with E-state index < -0.39 is 0 Å². The lowest BCUT2D eigenvalue weighted by Crippen LogP contribution is -2.26. The van der Waals surface area contributed by atoms with Crippen LogP contribution in [0.2, 0.25) is 0 Å². The van der Waals surface area contributed by atoms with Crippen molar-refractivity contribution in [2.45, 2.75) is 0 Å². The van der Waals surface area contributed by atoms with Gasteiger partial charge in [-0.3, -0.25) is 9.79 Å². The van der Waals surface area contributed by atoms with Gasteiger partial charge in [0.25, 0.3) is 5.91 Å². The van der Waals surface area contributed by atoms with Gasteiger partial charge in [0.05, 0.1) is 11.4 Å². The van der Waals surface area contributed by atoms with E-state index in [-0.39, 0.29) is 5.91 Å². The molecular formula is C8H7BrN2OS2. The van der Waals surface area contributed by atoms with Crippen LogP contribution >= 0.6 is 39.0 Å². The largest absolute Gasteiger partial charge is 0.301 e. The Hall–Kier alpha value is -0.330. The van der Waals surface area contributed by atoms with Crippen molar-refractivity contribution in [2.24, 2.45) is 4.99 Å². The highest BCUT2D eigenvalue weighted by molar-refractivity contribution is 9.10. The van der Waals surface area contributed by atoms with E-state index in [4.69, 9.17) is 0 Å². The number of hydrogen-bond donors (Lipinski definition) is 1. The molecule has 3 nitrogen and oxygen atoms in total. The van der Waals surface area contributed by atoms with Gasteiger partial charge >= 0.3 is 0 Å². The molecule has 6 heteroatoms. The molecule has 0 atom stereocenters. The molecule has 0 radical (unpaired) electrons. The summed E-state index contributed by atoms with van der Waals surface area (Å²) in [6.45, 7) is 0.800. The molecule has 14 heavy (non-hydrogen) atoms. The molecule has 2 heterocycles. The second-order valence-electron chi connectivity index (χ2n) is 2.62. The molecule has 0 aromatic carbocycles. The van der Waals surface area contributed by atoms with E-state index in [0.29, 0.717) is 4.88 Å². The van der Waals surface area contributed by atoms with Crippen molar-refractivity contribution < 1.29 is 4.79 Å². The second kappa shape index (κ2) is 4.46. The third-order valence-electron chi connectivity index (χ3n) is 1.60. The molecule has 1 aromatic rings. The van der Waals surface area contributed by atoms with E-state index in [1.807, 2.05) is 5.38 Å². The maximum Gasteiger partial charge on any atom is 0.267 e. The van der Waals surface area contributed by atoms with Crippen LogP contribution in [-0.4, -0.2) is 23.4 Å². The van der Waals surface area contributed by atoms with Gasteiger partial charge in [0, 0.05) is 15.6 Å². The summed E-state index contributed by atoms with van der Waals surface area (Å²) in [5.41, 5.74) is 0. The summed E-state index contributed by atoms with van der Waals surface area (Å²) in [5, 5.41) is 5.40. The highest BCUT2D eigenvalue weighted by Crippen LogP contribution is 2.20. The Kier molecular flexibility index (Phi) is 3.25. The van der Waals surface area contributed by atoms with E-state index in [1.54, 1.807) is 17.8 Å². The minimum absolute atomic E-state index is 0.0751. The predicted octanol–water partition coefficient (Wildman–Crippen LogP) is 2.34. The lowest BCUT2D eigenvalue weighted by Gasteiger charge is -2.00. The van der Waals surface area contributed by atoms with Crippen LogP contribution in [0, 0.1) is 0 Å². The molecule has 0 unspecified atom stereocenters. The van der Waals surface area contributed by atoms with Crippen molar-refractivity contribution in [3.63, 3.8) is 0 Å². The molecule has 1 aliphatic heterocycles. The molecule has 2 rings (SSSR count). The third-order valence-corrected chi connectivity index (χ3v) is 4.18. The summed E-state index contributed by atoms with van der Waals surface area (Å²) in [5.74, 6) is 0.887. The number of thioether (sulfide) groups is 1. The average molecular weight is 291 g/mol. The number of aliphatic imine (C=N–C) groups is 1. The zero-order valence-electron chi connectivity index (χ0n) is 7.12. The quantitative estimate of drug-likeness (QED) is 0.863. The number of nitrogens with zero attached hydrogens (tertiary/aromatic N) is 1. The molecule has 0 spiro atoms. The zero-order valence-corrected chi connectivity index (χ0v) is 10.3. The predicted molar refractivity (Wildman–Crippen MR) is 64.2 cm³/mol. The van der Waals surface area contributed by atoms with Crippen LogP contribution in [0.4, 0.5) is 0 Å². The van der Waals surface area contributed by atoms with Crippen molar-refractivity contribution in [3.05, 3.63) is 20.8 Å². The van der Waals surface area contributed by atoms with Crippen molar-refractivity contribution in [2.75, 3.05) is 12.3 Å². The Labute approximate surface area is 98.1 Å². The minimum Gasteiger partial charge on any atom is -0.301 e. The molecule has 0 saturated carbocycles. The van der Waals surface area contributed by atoms with Gasteiger partial charge in [0.15, 0.2) is 5.17 Å². The number of thiophene rings is 1. The molecule has 0 saturated heterocycles. The number of amides is 1. The fourth-order valence-electron chi connectivity index (χ4n) is 1.00. The molecule has 0 fully saturated rings. The van der Waals surface area contributed by atoms with Crippen molar-refractivity contribution in [3.8, 4) is 0 Å². The molecule has 1 aliphatic rings. The van der Waals surface area contributed by atoms with E-state index in [9.17, 15) is 4.79 Å². The number of halogens is 1. The lowest BCUT2D eigenvalue weighted by molar-refractivity contribution is 0.0982. The summed E-state index contributed by atoms with van der Waals surface area (Å²) in [4.78, 5) is 16.4. The van der Waals surface area contributed by atoms with E-state index >= 15 is 0 Å². The standard InChI is InChI=1S/C8H7BrN2OS2/c9-5-3-6(14-4-5)7(12)11-8-10-1-2-13-8/h3-4H,1-2H2,(H,10,11,12). The smallest absolute Gasteiger partial charge is 0.267 e.